The van der Waals surface area contributed by atoms with E-state index in [0.717, 1.165) is 22.6 Å². The average Bonchev–Trinajstić information content (AvgIpc) is 3.45. The van der Waals surface area contributed by atoms with Crippen LogP contribution in [0.2, 0.25) is 0 Å². The van der Waals surface area contributed by atoms with Crippen LogP contribution in [0, 0.1) is 10.1 Å². The van der Waals surface area contributed by atoms with E-state index < -0.39 is 4.92 Å². The lowest BCUT2D eigenvalue weighted by Gasteiger charge is -2.29. The summed E-state index contributed by atoms with van der Waals surface area (Å²) in [6.07, 6.45) is 7.27. The molecule has 5 rings (SSSR count). The van der Waals surface area contributed by atoms with Crippen LogP contribution in [0.15, 0.2) is 91.5 Å². The van der Waals surface area contributed by atoms with E-state index in [1.54, 1.807) is 30.7 Å². The Bertz CT molecular complexity index is 1280. The molecule has 1 aliphatic heterocycles. The van der Waals surface area contributed by atoms with Gasteiger partial charge in [0.25, 0.3) is 5.69 Å². The van der Waals surface area contributed by atoms with Gasteiger partial charge in [-0.1, -0.05) is 6.07 Å². The molecule has 0 amide bonds. The monoisotopic (exact) mass is 456 g/mol. The highest BCUT2D eigenvalue weighted by atomic mass is 32.1. The number of nitro benzene ring substituents is 1. The second kappa shape index (κ2) is 8.79. The summed E-state index contributed by atoms with van der Waals surface area (Å²) in [4.78, 5) is 21.5. The molecule has 0 aliphatic carbocycles. The van der Waals surface area contributed by atoms with Gasteiger partial charge in [-0.15, -0.1) is 0 Å². The van der Waals surface area contributed by atoms with Crippen LogP contribution in [-0.2, 0) is 6.54 Å². The molecule has 3 aromatic heterocycles. The number of nitro groups is 1. The van der Waals surface area contributed by atoms with E-state index in [1.165, 1.54) is 12.1 Å². The lowest BCUT2D eigenvalue weighted by Crippen LogP contribution is -2.30. The van der Waals surface area contributed by atoms with Crippen molar-refractivity contribution in [3.8, 4) is 5.69 Å². The summed E-state index contributed by atoms with van der Waals surface area (Å²) in [6.45, 7) is 0.605. The average molecular weight is 457 g/mol. The summed E-state index contributed by atoms with van der Waals surface area (Å²) < 4.78 is 2.04. The Balaban J connectivity index is 1.58. The van der Waals surface area contributed by atoms with Crippen LogP contribution in [0.4, 0.5) is 5.69 Å². The smallest absolute Gasteiger partial charge is 0.269 e. The fraction of sp³-hybridized carbons (Fsp3) is 0.125. The Morgan fingerprint density at radius 1 is 1.00 bits per heavy atom. The van der Waals surface area contributed by atoms with Crippen LogP contribution < -0.4 is 5.32 Å². The van der Waals surface area contributed by atoms with Crippen molar-refractivity contribution in [2.24, 2.45) is 0 Å². The molecule has 164 valence electrons. The highest BCUT2D eigenvalue weighted by Gasteiger charge is 2.41. The number of nitrogens with one attached hydrogen (secondary N) is 1. The van der Waals surface area contributed by atoms with Gasteiger partial charge in [0.1, 0.15) is 0 Å². The molecule has 1 aromatic carbocycles. The van der Waals surface area contributed by atoms with Crippen molar-refractivity contribution in [2.75, 3.05) is 0 Å². The zero-order valence-electron chi connectivity index (χ0n) is 17.5. The van der Waals surface area contributed by atoms with Crippen molar-refractivity contribution in [1.82, 2.24) is 24.8 Å². The molecule has 0 bridgehead atoms. The van der Waals surface area contributed by atoms with Gasteiger partial charge >= 0.3 is 0 Å². The van der Waals surface area contributed by atoms with Crippen molar-refractivity contribution in [3.05, 3.63) is 119 Å². The van der Waals surface area contributed by atoms with Crippen LogP contribution in [0.25, 0.3) is 5.69 Å². The zero-order chi connectivity index (χ0) is 22.8. The molecule has 1 aliphatic rings. The molecule has 1 fully saturated rings. The number of rotatable bonds is 6. The maximum atomic E-state index is 11.1. The van der Waals surface area contributed by atoms with Crippen LogP contribution in [0.1, 0.15) is 29.0 Å². The second-order valence-electron chi connectivity index (χ2n) is 7.69. The lowest BCUT2D eigenvalue weighted by atomic mass is 10.0. The Labute approximate surface area is 195 Å². The maximum Gasteiger partial charge on any atom is 0.269 e. The normalized spacial score (nSPS) is 17.7. The standard InChI is InChI=1S/C24H20N6O2S/c31-30(32)19-8-6-18(7-9-19)28-15-3-5-21(28)23-22(20-4-1-2-12-26-20)27-24(33)29(23)16-17-10-13-25-14-11-17/h1-15,22-23H,16H2,(H,27,33)/t22-,23-/m0/s1. The van der Waals surface area contributed by atoms with Gasteiger partial charge in [0, 0.05) is 54.8 Å². The summed E-state index contributed by atoms with van der Waals surface area (Å²) >= 11 is 5.76. The third-order valence-electron chi connectivity index (χ3n) is 5.72. The summed E-state index contributed by atoms with van der Waals surface area (Å²) in [5, 5.41) is 15.2. The summed E-state index contributed by atoms with van der Waals surface area (Å²) in [5.74, 6) is 0. The molecule has 0 saturated carbocycles. The molecule has 4 heterocycles. The summed E-state index contributed by atoms with van der Waals surface area (Å²) in [7, 11) is 0. The molecule has 2 atom stereocenters. The van der Waals surface area contributed by atoms with E-state index in [4.69, 9.17) is 12.2 Å². The first-order valence-electron chi connectivity index (χ1n) is 10.4. The topological polar surface area (TPSA) is 89.1 Å². The first-order chi connectivity index (χ1) is 16.1. The maximum absolute atomic E-state index is 11.1. The van der Waals surface area contributed by atoms with Crippen molar-refractivity contribution < 1.29 is 4.92 Å². The predicted molar refractivity (Wildman–Crippen MR) is 128 cm³/mol. The van der Waals surface area contributed by atoms with E-state index >= 15 is 0 Å². The number of benzene rings is 1. The minimum absolute atomic E-state index is 0.0573. The van der Waals surface area contributed by atoms with Gasteiger partial charge < -0.3 is 14.8 Å². The highest BCUT2D eigenvalue weighted by molar-refractivity contribution is 7.80. The SMILES string of the molecule is O=[N+]([O-])c1ccc(-n2cccc2[C@H]2[C@H](c3ccccn3)NC(=S)N2Cc2ccncc2)cc1. The van der Waals surface area contributed by atoms with Crippen molar-refractivity contribution in [2.45, 2.75) is 18.6 Å². The zero-order valence-corrected chi connectivity index (χ0v) is 18.3. The molecule has 0 radical (unpaired) electrons. The number of aromatic nitrogens is 3. The Hall–Kier alpha value is -4.11. The molecule has 8 nitrogen and oxygen atoms in total. The molecule has 1 N–H and O–H groups in total. The predicted octanol–water partition coefficient (Wildman–Crippen LogP) is 4.35. The van der Waals surface area contributed by atoms with Crippen LogP contribution in [0.3, 0.4) is 0 Å². The van der Waals surface area contributed by atoms with Gasteiger partial charge in [-0.3, -0.25) is 20.1 Å². The molecule has 0 spiro atoms. The van der Waals surface area contributed by atoms with Crippen molar-refractivity contribution in [1.29, 1.82) is 0 Å². The highest BCUT2D eigenvalue weighted by Crippen LogP contribution is 2.40. The third-order valence-corrected chi connectivity index (χ3v) is 6.07. The van der Waals surface area contributed by atoms with Gasteiger partial charge in [-0.25, -0.2) is 0 Å². The van der Waals surface area contributed by atoms with E-state index in [1.807, 2.05) is 47.2 Å². The Kier molecular flexibility index (Phi) is 5.54. The van der Waals surface area contributed by atoms with Gasteiger partial charge in [0.2, 0.25) is 0 Å². The third kappa shape index (κ3) is 4.06. The molecule has 4 aromatic rings. The van der Waals surface area contributed by atoms with Gasteiger partial charge in [-0.2, -0.15) is 0 Å². The molecule has 33 heavy (non-hydrogen) atoms. The second-order valence-corrected chi connectivity index (χ2v) is 8.07. The van der Waals surface area contributed by atoms with Gasteiger partial charge in [0.05, 0.1) is 22.7 Å². The minimum Gasteiger partial charge on any atom is -0.352 e. The van der Waals surface area contributed by atoms with E-state index in [-0.39, 0.29) is 17.8 Å². The van der Waals surface area contributed by atoms with Crippen LogP contribution >= 0.6 is 12.2 Å². The van der Waals surface area contributed by atoms with Crippen LogP contribution in [0.5, 0.6) is 0 Å². The fourth-order valence-electron chi connectivity index (χ4n) is 4.19. The van der Waals surface area contributed by atoms with E-state index in [0.29, 0.717) is 11.7 Å². The molecular formula is C24H20N6O2S. The number of hydrogen-bond donors (Lipinski definition) is 1. The number of pyridine rings is 2. The number of non-ortho nitro benzene ring substituents is 1. The summed E-state index contributed by atoms with van der Waals surface area (Å²) in [5.41, 5.74) is 3.87. The Morgan fingerprint density at radius 3 is 2.48 bits per heavy atom. The summed E-state index contributed by atoms with van der Waals surface area (Å²) in [6, 6.07) is 20.0. The van der Waals surface area contributed by atoms with Crippen LogP contribution in [-0.4, -0.2) is 29.5 Å². The van der Waals surface area contributed by atoms with Gasteiger partial charge in [-0.05, 0) is 66.3 Å². The number of nitrogens with zero attached hydrogens (tertiary/aromatic N) is 5. The molecule has 1 saturated heterocycles. The molecule has 0 unspecified atom stereocenters. The largest absolute Gasteiger partial charge is 0.352 e. The quantitative estimate of drug-likeness (QED) is 0.262. The lowest BCUT2D eigenvalue weighted by molar-refractivity contribution is -0.384. The number of thiocarbonyl (C=S) groups is 1. The minimum atomic E-state index is -0.396. The molecular weight excluding hydrogens is 436 g/mol. The molecule has 9 heteroatoms. The fourth-order valence-corrected chi connectivity index (χ4v) is 4.49. The number of hydrogen-bond acceptors (Lipinski definition) is 5. The van der Waals surface area contributed by atoms with Gasteiger partial charge in [0.15, 0.2) is 5.11 Å². The first kappa shape index (κ1) is 20.8. The Morgan fingerprint density at radius 2 is 1.79 bits per heavy atom. The van der Waals surface area contributed by atoms with Crippen molar-refractivity contribution >= 4 is 23.0 Å². The van der Waals surface area contributed by atoms with Crippen molar-refractivity contribution in [3.63, 3.8) is 0 Å². The first-order valence-corrected chi connectivity index (χ1v) is 10.8. The van der Waals surface area contributed by atoms with E-state index in [2.05, 4.69) is 26.3 Å². The van der Waals surface area contributed by atoms with E-state index in [9.17, 15) is 10.1 Å².